The highest BCUT2D eigenvalue weighted by Crippen LogP contribution is 2.35. The Bertz CT molecular complexity index is 764. The normalized spacial score (nSPS) is 15.4. The lowest BCUT2D eigenvalue weighted by Crippen LogP contribution is -2.36. The summed E-state index contributed by atoms with van der Waals surface area (Å²) in [5, 5.41) is 0. The lowest BCUT2D eigenvalue weighted by molar-refractivity contribution is -0.132. The quantitative estimate of drug-likeness (QED) is 0.676. The molecule has 0 saturated carbocycles. The Kier molecular flexibility index (Phi) is 6.96. The van der Waals surface area contributed by atoms with Crippen molar-refractivity contribution in [1.82, 2.24) is 4.90 Å². The molecule has 2 aromatic carbocycles. The first-order valence-corrected chi connectivity index (χ1v) is 10.3. The number of likely N-dealkylation sites (tertiary alicyclic amines) is 1. The predicted octanol–water partition coefficient (Wildman–Crippen LogP) is 5.02. The first-order valence-electron chi connectivity index (χ1n) is 10.3. The van der Waals surface area contributed by atoms with E-state index in [1.807, 2.05) is 49.1 Å². The molecule has 1 aliphatic heterocycles. The number of carbonyl (C=O) groups is 1. The van der Waals surface area contributed by atoms with Gasteiger partial charge in [0.05, 0.1) is 13.2 Å². The van der Waals surface area contributed by atoms with Crippen LogP contribution in [-0.4, -0.2) is 37.1 Å². The van der Waals surface area contributed by atoms with E-state index in [1.165, 1.54) is 6.42 Å². The van der Waals surface area contributed by atoms with Crippen LogP contribution in [0.4, 0.5) is 0 Å². The molecule has 3 rings (SSSR count). The third kappa shape index (κ3) is 5.06. The second-order valence-electron chi connectivity index (χ2n) is 7.68. The summed E-state index contributed by atoms with van der Waals surface area (Å²) in [4.78, 5) is 15.0. The summed E-state index contributed by atoms with van der Waals surface area (Å²) in [6.07, 6.45) is 4.01. The molecule has 0 radical (unpaired) electrons. The first kappa shape index (κ1) is 20.2. The molecule has 0 spiro atoms. The van der Waals surface area contributed by atoms with Gasteiger partial charge in [0.25, 0.3) is 0 Å². The number of piperidine rings is 1. The largest absolute Gasteiger partial charge is 0.496 e. The van der Waals surface area contributed by atoms with Crippen molar-refractivity contribution in [3.63, 3.8) is 0 Å². The molecule has 2 aromatic rings. The molecule has 0 bridgehead atoms. The summed E-state index contributed by atoms with van der Waals surface area (Å²) in [5.74, 6) is 1.85. The second-order valence-corrected chi connectivity index (χ2v) is 7.68. The van der Waals surface area contributed by atoms with Gasteiger partial charge in [0.2, 0.25) is 5.91 Å². The summed E-state index contributed by atoms with van der Waals surface area (Å²) in [5.41, 5.74) is 2.15. The van der Waals surface area contributed by atoms with Gasteiger partial charge in [-0.3, -0.25) is 4.79 Å². The molecule has 1 aliphatic rings. The molecule has 1 atom stereocenters. The molecule has 150 valence electrons. The molecule has 0 aromatic heterocycles. The van der Waals surface area contributed by atoms with Crippen molar-refractivity contribution >= 4 is 5.91 Å². The Morgan fingerprint density at radius 1 is 1.00 bits per heavy atom. The van der Waals surface area contributed by atoms with E-state index in [-0.39, 0.29) is 17.9 Å². The van der Waals surface area contributed by atoms with E-state index in [9.17, 15) is 4.79 Å². The highest BCUT2D eigenvalue weighted by molar-refractivity contribution is 5.78. The van der Waals surface area contributed by atoms with Gasteiger partial charge in [0.1, 0.15) is 11.5 Å². The van der Waals surface area contributed by atoms with E-state index < -0.39 is 0 Å². The van der Waals surface area contributed by atoms with E-state index in [1.54, 1.807) is 7.11 Å². The Balaban J connectivity index is 1.88. The van der Waals surface area contributed by atoms with Crippen LogP contribution in [0.2, 0.25) is 0 Å². The summed E-state index contributed by atoms with van der Waals surface area (Å²) < 4.78 is 11.4. The van der Waals surface area contributed by atoms with E-state index in [4.69, 9.17) is 9.47 Å². The predicted molar refractivity (Wildman–Crippen MR) is 112 cm³/mol. The number of methoxy groups -OCH3 is 1. The number of benzene rings is 2. The zero-order valence-corrected chi connectivity index (χ0v) is 17.2. The van der Waals surface area contributed by atoms with Gasteiger partial charge in [-0.25, -0.2) is 0 Å². The molecule has 1 saturated heterocycles. The van der Waals surface area contributed by atoms with Gasteiger partial charge >= 0.3 is 0 Å². The number of amides is 1. The standard InChI is InChI=1S/C24H31NO3/c1-18(2)28-20-13-11-19(12-14-20)22(21-9-5-6-10-23(21)27-3)17-24(26)25-15-7-4-8-16-25/h5-6,9-14,18,22H,4,7-8,15-17H2,1-3H3/t22-/m1/s1. The highest BCUT2D eigenvalue weighted by Gasteiger charge is 2.25. The van der Waals surface area contributed by atoms with Gasteiger partial charge < -0.3 is 14.4 Å². The van der Waals surface area contributed by atoms with Crippen LogP contribution in [0.1, 0.15) is 56.6 Å². The zero-order valence-electron chi connectivity index (χ0n) is 17.2. The minimum absolute atomic E-state index is 0.0429. The minimum Gasteiger partial charge on any atom is -0.496 e. The molecular formula is C24H31NO3. The molecule has 0 aliphatic carbocycles. The molecule has 1 heterocycles. The topological polar surface area (TPSA) is 38.8 Å². The molecule has 0 N–H and O–H groups in total. The number of hydrogen-bond acceptors (Lipinski definition) is 3. The molecule has 0 unspecified atom stereocenters. The number of carbonyl (C=O) groups excluding carboxylic acids is 1. The van der Waals surface area contributed by atoms with Crippen LogP contribution < -0.4 is 9.47 Å². The number of rotatable bonds is 7. The third-order valence-corrected chi connectivity index (χ3v) is 5.26. The lowest BCUT2D eigenvalue weighted by atomic mass is 9.87. The minimum atomic E-state index is -0.0429. The third-order valence-electron chi connectivity index (χ3n) is 5.26. The van der Waals surface area contributed by atoms with Crippen molar-refractivity contribution in [1.29, 1.82) is 0 Å². The highest BCUT2D eigenvalue weighted by atomic mass is 16.5. The van der Waals surface area contributed by atoms with Gasteiger partial charge in [-0.2, -0.15) is 0 Å². The maximum atomic E-state index is 13.0. The van der Waals surface area contributed by atoms with E-state index in [0.717, 1.165) is 48.6 Å². The van der Waals surface area contributed by atoms with Gasteiger partial charge in [-0.05, 0) is 56.9 Å². The Labute approximate surface area is 168 Å². The monoisotopic (exact) mass is 381 g/mol. The Morgan fingerprint density at radius 2 is 1.68 bits per heavy atom. The van der Waals surface area contributed by atoms with Crippen molar-refractivity contribution in [2.45, 2.75) is 51.6 Å². The van der Waals surface area contributed by atoms with E-state index in [2.05, 4.69) is 18.2 Å². The maximum Gasteiger partial charge on any atom is 0.223 e. The molecule has 1 amide bonds. The van der Waals surface area contributed by atoms with Crippen LogP contribution in [0.15, 0.2) is 48.5 Å². The average molecular weight is 382 g/mol. The van der Waals surface area contributed by atoms with Crippen molar-refractivity contribution in [3.05, 3.63) is 59.7 Å². The summed E-state index contributed by atoms with van der Waals surface area (Å²) in [6.45, 7) is 5.78. The van der Waals surface area contributed by atoms with Crippen LogP contribution in [0.5, 0.6) is 11.5 Å². The molecule has 28 heavy (non-hydrogen) atoms. The van der Waals surface area contributed by atoms with Gasteiger partial charge in [-0.15, -0.1) is 0 Å². The number of hydrogen-bond donors (Lipinski definition) is 0. The Hall–Kier alpha value is -2.49. The molecule has 1 fully saturated rings. The van der Waals surface area contributed by atoms with Gasteiger partial charge in [0, 0.05) is 31.0 Å². The maximum absolute atomic E-state index is 13.0. The summed E-state index contributed by atoms with van der Waals surface area (Å²) in [6, 6.07) is 16.1. The van der Waals surface area contributed by atoms with Gasteiger partial charge in [-0.1, -0.05) is 30.3 Å². The number of nitrogens with zero attached hydrogens (tertiary/aromatic N) is 1. The fourth-order valence-corrected chi connectivity index (χ4v) is 3.86. The van der Waals surface area contributed by atoms with Crippen molar-refractivity contribution in [3.8, 4) is 11.5 Å². The van der Waals surface area contributed by atoms with E-state index >= 15 is 0 Å². The van der Waals surface area contributed by atoms with Crippen LogP contribution in [-0.2, 0) is 4.79 Å². The van der Waals surface area contributed by atoms with Crippen LogP contribution in [0.25, 0.3) is 0 Å². The smallest absolute Gasteiger partial charge is 0.223 e. The zero-order chi connectivity index (χ0) is 19.9. The van der Waals surface area contributed by atoms with Crippen LogP contribution in [0, 0.1) is 0 Å². The second kappa shape index (κ2) is 9.63. The van der Waals surface area contributed by atoms with Gasteiger partial charge in [0.15, 0.2) is 0 Å². The first-order chi connectivity index (χ1) is 13.6. The number of para-hydroxylation sites is 1. The fourth-order valence-electron chi connectivity index (χ4n) is 3.86. The van der Waals surface area contributed by atoms with Crippen molar-refractivity contribution in [2.24, 2.45) is 0 Å². The average Bonchev–Trinajstić information content (AvgIpc) is 2.73. The lowest BCUT2D eigenvalue weighted by Gasteiger charge is -2.29. The summed E-state index contributed by atoms with van der Waals surface area (Å²) >= 11 is 0. The summed E-state index contributed by atoms with van der Waals surface area (Å²) in [7, 11) is 1.68. The molecule has 4 heteroatoms. The van der Waals surface area contributed by atoms with Crippen LogP contribution >= 0.6 is 0 Å². The van der Waals surface area contributed by atoms with Crippen molar-refractivity contribution < 1.29 is 14.3 Å². The van der Waals surface area contributed by atoms with Crippen LogP contribution in [0.3, 0.4) is 0 Å². The van der Waals surface area contributed by atoms with E-state index in [0.29, 0.717) is 6.42 Å². The SMILES string of the molecule is COc1ccccc1[C@H](CC(=O)N1CCCCC1)c1ccc(OC(C)C)cc1. The number of ether oxygens (including phenoxy) is 2. The fraction of sp³-hybridized carbons (Fsp3) is 0.458. The molecular weight excluding hydrogens is 350 g/mol. The Morgan fingerprint density at radius 3 is 2.32 bits per heavy atom. The van der Waals surface area contributed by atoms with Crippen molar-refractivity contribution in [2.75, 3.05) is 20.2 Å². The molecule has 4 nitrogen and oxygen atoms in total.